The van der Waals surface area contributed by atoms with Crippen molar-refractivity contribution in [1.29, 1.82) is 5.41 Å². The van der Waals surface area contributed by atoms with Gasteiger partial charge >= 0.3 is 0 Å². The minimum absolute atomic E-state index is 0.243. The number of anilines is 1. The molecular weight excluding hydrogens is 368 g/mol. The van der Waals surface area contributed by atoms with Crippen molar-refractivity contribution < 1.29 is 4.74 Å². The predicted octanol–water partition coefficient (Wildman–Crippen LogP) is 1.76. The highest BCUT2D eigenvalue weighted by Gasteiger charge is 2.26. The lowest BCUT2D eigenvalue weighted by Crippen LogP contribution is -2.44. The molecule has 148 valence electrons. The minimum Gasteiger partial charge on any atom is -0.404 e. The lowest BCUT2D eigenvalue weighted by atomic mass is 10.1. The summed E-state index contributed by atoms with van der Waals surface area (Å²) in [6, 6.07) is 1.89. The van der Waals surface area contributed by atoms with Gasteiger partial charge in [-0.15, -0.1) is 0 Å². The van der Waals surface area contributed by atoms with Crippen molar-refractivity contribution in [3.63, 3.8) is 0 Å². The first-order chi connectivity index (χ1) is 14.3. The van der Waals surface area contributed by atoms with Crippen LogP contribution in [0.1, 0.15) is 24.5 Å². The maximum absolute atomic E-state index is 7.51. The number of nitrogens with zero attached hydrogens (tertiary/aromatic N) is 6. The van der Waals surface area contributed by atoms with Gasteiger partial charge in [0.2, 0.25) is 0 Å². The molecule has 1 unspecified atom stereocenters. The molecule has 4 heterocycles. The molecule has 1 saturated heterocycles. The van der Waals surface area contributed by atoms with Gasteiger partial charge in [0.15, 0.2) is 11.5 Å². The van der Waals surface area contributed by atoms with Gasteiger partial charge < -0.3 is 20.8 Å². The highest BCUT2D eigenvalue weighted by molar-refractivity contribution is 5.77. The monoisotopic (exact) mass is 390 g/mol. The molecule has 29 heavy (non-hydrogen) atoms. The zero-order chi connectivity index (χ0) is 19.8. The van der Waals surface area contributed by atoms with Crippen molar-refractivity contribution in [2.45, 2.75) is 24.9 Å². The molecule has 0 bridgehead atoms. The van der Waals surface area contributed by atoms with Gasteiger partial charge in [0.25, 0.3) is 0 Å². The Morgan fingerprint density at radius 1 is 1.24 bits per heavy atom. The van der Waals surface area contributed by atoms with Gasteiger partial charge in [-0.25, -0.2) is 15.0 Å². The summed E-state index contributed by atoms with van der Waals surface area (Å²) in [4.78, 5) is 20.4. The lowest BCUT2D eigenvalue weighted by Gasteiger charge is -2.34. The molecule has 3 N–H and O–H groups in total. The fraction of sp³-hybridized carbons (Fsp3) is 0.350. The van der Waals surface area contributed by atoms with E-state index >= 15 is 0 Å². The first-order valence-electron chi connectivity index (χ1n) is 9.72. The second-order valence-corrected chi connectivity index (χ2v) is 7.31. The molecule has 0 radical (unpaired) electrons. The molecule has 9 heteroatoms. The zero-order valence-corrected chi connectivity index (χ0v) is 15.9. The third-order valence-electron chi connectivity index (χ3n) is 5.40. The average Bonchev–Trinajstić information content (AvgIpc) is 3.54. The molecule has 0 aromatic carbocycles. The van der Waals surface area contributed by atoms with E-state index in [1.54, 1.807) is 12.4 Å². The van der Waals surface area contributed by atoms with Crippen LogP contribution in [0.3, 0.4) is 0 Å². The third kappa shape index (κ3) is 3.33. The van der Waals surface area contributed by atoms with Crippen molar-refractivity contribution in [3.05, 3.63) is 48.3 Å². The van der Waals surface area contributed by atoms with E-state index in [1.165, 1.54) is 25.3 Å². The summed E-state index contributed by atoms with van der Waals surface area (Å²) in [6.45, 7) is 1.84. The molecular formula is C20H22N8O. The highest BCUT2D eigenvalue weighted by Crippen LogP contribution is 2.39. The molecule has 3 aromatic rings. The summed E-state index contributed by atoms with van der Waals surface area (Å²) in [5.74, 6) is 1.99. The Hall–Kier alpha value is -3.33. The summed E-state index contributed by atoms with van der Waals surface area (Å²) in [5, 5.41) is 7.51. The summed E-state index contributed by atoms with van der Waals surface area (Å²) in [6.07, 6.45) is 12.2. The summed E-state index contributed by atoms with van der Waals surface area (Å²) in [5.41, 5.74) is 9.01. The van der Waals surface area contributed by atoms with Crippen LogP contribution in [0.4, 0.5) is 5.82 Å². The van der Waals surface area contributed by atoms with Crippen molar-refractivity contribution in [3.8, 4) is 11.5 Å². The molecule has 9 nitrogen and oxygen atoms in total. The molecule has 2 fully saturated rings. The van der Waals surface area contributed by atoms with Gasteiger partial charge in [0.05, 0.1) is 24.7 Å². The van der Waals surface area contributed by atoms with Gasteiger partial charge in [-0.05, 0) is 18.9 Å². The van der Waals surface area contributed by atoms with Gasteiger partial charge in [0, 0.05) is 49.4 Å². The number of hydrogen-bond acceptors (Lipinski definition) is 8. The quantitative estimate of drug-likeness (QED) is 0.637. The Labute approximate surface area is 167 Å². The molecule has 1 aliphatic carbocycles. The molecule has 5 rings (SSSR count). The standard InChI is InChI=1S/C20H22N8O/c21-7-14(8-22)17-12-27(5-6-29-17)18-3-4-23-20(26-18)16-9-25-19-10-24-15(11-28(16)19)13-1-2-13/h3-4,7-11,13,17,21H,1-2,5-6,12,22H2/b14-8+,21-7?. The second-order valence-electron chi connectivity index (χ2n) is 7.31. The van der Waals surface area contributed by atoms with Crippen LogP contribution >= 0.6 is 0 Å². The van der Waals surface area contributed by atoms with E-state index < -0.39 is 0 Å². The maximum Gasteiger partial charge on any atom is 0.180 e. The Morgan fingerprint density at radius 2 is 2.14 bits per heavy atom. The number of nitrogens with two attached hydrogens (primary N) is 1. The molecule has 1 aliphatic heterocycles. The maximum atomic E-state index is 7.51. The number of ether oxygens (including phenoxy) is 1. The van der Waals surface area contributed by atoms with Crippen molar-refractivity contribution in [2.75, 3.05) is 24.6 Å². The molecule has 1 saturated carbocycles. The van der Waals surface area contributed by atoms with E-state index in [0.717, 1.165) is 22.9 Å². The van der Waals surface area contributed by atoms with Crippen LogP contribution < -0.4 is 10.6 Å². The highest BCUT2D eigenvalue weighted by atomic mass is 16.5. The number of fused-ring (bicyclic) bond motifs is 1. The van der Waals surface area contributed by atoms with E-state index in [2.05, 4.69) is 26.0 Å². The summed E-state index contributed by atoms with van der Waals surface area (Å²) >= 11 is 0. The van der Waals surface area contributed by atoms with E-state index in [9.17, 15) is 0 Å². The first-order valence-corrected chi connectivity index (χ1v) is 9.72. The number of morpholine rings is 1. The number of rotatable bonds is 5. The topological polar surface area (TPSA) is 118 Å². The normalized spacial score (nSPS) is 20.2. The molecule has 0 spiro atoms. The van der Waals surface area contributed by atoms with Gasteiger partial charge in [-0.3, -0.25) is 9.38 Å². The van der Waals surface area contributed by atoms with E-state index in [1.807, 2.05) is 16.7 Å². The number of imidazole rings is 1. The SMILES string of the molecule is N=C/C(=C\N)C1CN(c2ccnc(-c3cnc4cnc(C5CC5)cn34)n2)CCO1. The van der Waals surface area contributed by atoms with Crippen molar-refractivity contribution in [2.24, 2.45) is 5.73 Å². The van der Waals surface area contributed by atoms with Crippen LogP contribution in [0, 0.1) is 5.41 Å². The number of hydrogen-bond donors (Lipinski definition) is 2. The average molecular weight is 390 g/mol. The largest absolute Gasteiger partial charge is 0.404 e. The van der Waals surface area contributed by atoms with Crippen molar-refractivity contribution in [1.82, 2.24) is 24.3 Å². The van der Waals surface area contributed by atoms with Crippen LogP contribution in [0.25, 0.3) is 17.2 Å². The predicted molar refractivity (Wildman–Crippen MR) is 109 cm³/mol. The van der Waals surface area contributed by atoms with Gasteiger partial charge in [-0.2, -0.15) is 0 Å². The Balaban J connectivity index is 1.46. The lowest BCUT2D eigenvalue weighted by molar-refractivity contribution is 0.0676. The van der Waals surface area contributed by atoms with Crippen LogP contribution in [-0.2, 0) is 4.74 Å². The second kappa shape index (κ2) is 7.25. The Kier molecular flexibility index (Phi) is 4.44. The van der Waals surface area contributed by atoms with Crippen LogP contribution in [-0.4, -0.2) is 56.4 Å². The molecule has 1 atom stereocenters. The summed E-state index contributed by atoms with van der Waals surface area (Å²) < 4.78 is 7.79. The van der Waals surface area contributed by atoms with Gasteiger partial charge in [-0.1, -0.05) is 0 Å². The number of nitrogens with one attached hydrogen (secondary N) is 1. The smallest absolute Gasteiger partial charge is 0.180 e. The fourth-order valence-electron chi connectivity index (χ4n) is 3.62. The van der Waals surface area contributed by atoms with Crippen LogP contribution in [0.2, 0.25) is 0 Å². The van der Waals surface area contributed by atoms with Crippen LogP contribution in [0.5, 0.6) is 0 Å². The Morgan fingerprint density at radius 3 is 2.93 bits per heavy atom. The van der Waals surface area contributed by atoms with E-state index in [4.69, 9.17) is 20.9 Å². The minimum atomic E-state index is -0.243. The molecule has 2 aliphatic rings. The van der Waals surface area contributed by atoms with Crippen molar-refractivity contribution >= 4 is 17.7 Å². The Bertz CT molecular complexity index is 1090. The number of aromatic nitrogens is 5. The van der Waals surface area contributed by atoms with Gasteiger partial charge in [0.1, 0.15) is 17.6 Å². The van der Waals surface area contributed by atoms with E-state index in [-0.39, 0.29) is 6.10 Å². The fourth-order valence-corrected chi connectivity index (χ4v) is 3.62. The van der Waals surface area contributed by atoms with Crippen LogP contribution in [0.15, 0.2) is 42.6 Å². The molecule has 0 amide bonds. The van der Waals surface area contributed by atoms with E-state index in [0.29, 0.717) is 37.0 Å². The molecule has 3 aromatic heterocycles. The summed E-state index contributed by atoms with van der Waals surface area (Å²) in [7, 11) is 0. The zero-order valence-electron chi connectivity index (χ0n) is 15.9. The first kappa shape index (κ1) is 17.7. The third-order valence-corrected chi connectivity index (χ3v) is 5.40.